The van der Waals surface area contributed by atoms with Crippen LogP contribution in [-0.2, 0) is 6.54 Å². The van der Waals surface area contributed by atoms with E-state index in [0.717, 1.165) is 43.7 Å². The number of nitrogens with zero attached hydrogens (tertiary/aromatic N) is 3. The summed E-state index contributed by atoms with van der Waals surface area (Å²) < 4.78 is 7.31. The Bertz CT molecular complexity index is 671. The number of amides is 1. The average Bonchev–Trinajstić information content (AvgIpc) is 3.05. The van der Waals surface area contributed by atoms with Crippen molar-refractivity contribution in [2.24, 2.45) is 0 Å². The normalized spacial score (nSPS) is 18.7. The van der Waals surface area contributed by atoms with E-state index in [1.807, 2.05) is 23.4 Å². The summed E-state index contributed by atoms with van der Waals surface area (Å²) in [5.41, 5.74) is 2.85. The second-order valence-electron chi connectivity index (χ2n) is 6.15. The zero-order chi connectivity index (χ0) is 15.7. The average molecular weight is 301 g/mol. The van der Waals surface area contributed by atoms with Crippen molar-refractivity contribution in [3.8, 4) is 0 Å². The highest BCUT2D eigenvalue weighted by atomic mass is 16.3. The van der Waals surface area contributed by atoms with Crippen LogP contribution in [-0.4, -0.2) is 33.2 Å². The lowest BCUT2D eigenvalue weighted by Crippen LogP contribution is -2.46. The molecule has 2 aromatic heterocycles. The Balaban J connectivity index is 1.81. The van der Waals surface area contributed by atoms with Crippen LogP contribution < -0.4 is 0 Å². The van der Waals surface area contributed by atoms with Gasteiger partial charge in [0.2, 0.25) is 0 Å². The van der Waals surface area contributed by atoms with Crippen molar-refractivity contribution in [1.82, 2.24) is 14.7 Å². The first kappa shape index (κ1) is 14.9. The molecule has 0 unspecified atom stereocenters. The van der Waals surface area contributed by atoms with E-state index in [9.17, 15) is 4.79 Å². The molecule has 0 aliphatic carbocycles. The Morgan fingerprint density at radius 3 is 2.82 bits per heavy atom. The van der Waals surface area contributed by atoms with Crippen LogP contribution in [0.4, 0.5) is 0 Å². The summed E-state index contributed by atoms with van der Waals surface area (Å²) in [4.78, 5) is 14.8. The van der Waals surface area contributed by atoms with E-state index in [4.69, 9.17) is 4.42 Å². The lowest BCUT2D eigenvalue weighted by molar-refractivity contribution is 0.0581. The molecule has 3 rings (SSSR count). The summed E-state index contributed by atoms with van der Waals surface area (Å²) >= 11 is 0. The molecular formula is C17H23N3O2. The highest BCUT2D eigenvalue weighted by Crippen LogP contribution is 2.23. The van der Waals surface area contributed by atoms with Gasteiger partial charge in [-0.15, -0.1) is 0 Å². The first-order valence-corrected chi connectivity index (χ1v) is 7.92. The largest absolute Gasteiger partial charge is 0.469 e. The van der Waals surface area contributed by atoms with E-state index in [0.29, 0.717) is 11.3 Å². The first-order chi connectivity index (χ1) is 10.6. The molecule has 0 aromatic carbocycles. The summed E-state index contributed by atoms with van der Waals surface area (Å²) in [5.74, 6) is 0.776. The van der Waals surface area contributed by atoms with Crippen molar-refractivity contribution in [1.29, 1.82) is 0 Å². The summed E-state index contributed by atoms with van der Waals surface area (Å²) in [6.45, 7) is 7.49. The Hall–Kier alpha value is -2.04. The fraction of sp³-hybridized carbons (Fsp3) is 0.529. The highest BCUT2D eigenvalue weighted by molar-refractivity contribution is 5.95. The third-order valence-corrected chi connectivity index (χ3v) is 4.46. The number of carbonyl (C=O) groups excluding carboxylic acids is 1. The third kappa shape index (κ3) is 2.80. The number of carbonyl (C=O) groups is 1. The van der Waals surface area contributed by atoms with Crippen molar-refractivity contribution in [3.05, 3.63) is 41.1 Å². The SMILES string of the molecule is Cc1cc(C)n(C[C@H]2CCCCN2C(=O)c2ccoc2C)n1. The topological polar surface area (TPSA) is 51.3 Å². The van der Waals surface area contributed by atoms with Crippen LogP contribution in [0.3, 0.4) is 0 Å². The molecule has 0 saturated carbocycles. The molecule has 118 valence electrons. The molecule has 1 atom stereocenters. The number of furan rings is 1. The van der Waals surface area contributed by atoms with Gasteiger partial charge >= 0.3 is 0 Å². The predicted octanol–water partition coefficient (Wildman–Crippen LogP) is 3.10. The van der Waals surface area contributed by atoms with Crippen LogP contribution in [0.1, 0.15) is 46.8 Å². The zero-order valence-corrected chi connectivity index (χ0v) is 13.5. The summed E-state index contributed by atoms with van der Waals surface area (Å²) in [5, 5.41) is 4.54. The van der Waals surface area contributed by atoms with Crippen LogP contribution in [0.2, 0.25) is 0 Å². The molecule has 0 bridgehead atoms. The van der Waals surface area contributed by atoms with Gasteiger partial charge in [0.1, 0.15) is 5.76 Å². The molecule has 1 saturated heterocycles. The maximum atomic E-state index is 12.8. The van der Waals surface area contributed by atoms with Crippen molar-refractivity contribution >= 4 is 5.91 Å². The van der Waals surface area contributed by atoms with Gasteiger partial charge in [0.05, 0.1) is 30.1 Å². The smallest absolute Gasteiger partial charge is 0.257 e. The fourth-order valence-corrected chi connectivity index (χ4v) is 3.28. The van der Waals surface area contributed by atoms with E-state index in [-0.39, 0.29) is 11.9 Å². The number of aryl methyl sites for hydroxylation is 3. The van der Waals surface area contributed by atoms with Crippen LogP contribution in [0.15, 0.2) is 22.8 Å². The minimum absolute atomic E-state index is 0.0810. The van der Waals surface area contributed by atoms with Gasteiger partial charge in [-0.05, 0) is 52.2 Å². The van der Waals surface area contributed by atoms with Gasteiger partial charge < -0.3 is 9.32 Å². The monoisotopic (exact) mass is 301 g/mol. The molecule has 1 aliphatic heterocycles. The molecule has 5 nitrogen and oxygen atoms in total. The maximum absolute atomic E-state index is 12.8. The van der Waals surface area contributed by atoms with Crippen LogP contribution in [0.25, 0.3) is 0 Å². The van der Waals surface area contributed by atoms with Gasteiger partial charge in [0.15, 0.2) is 0 Å². The number of aromatic nitrogens is 2. The molecule has 1 amide bonds. The summed E-state index contributed by atoms with van der Waals surface area (Å²) in [7, 11) is 0. The van der Waals surface area contributed by atoms with Gasteiger partial charge in [-0.2, -0.15) is 5.10 Å². The second-order valence-corrected chi connectivity index (χ2v) is 6.15. The van der Waals surface area contributed by atoms with Gasteiger partial charge in [0, 0.05) is 12.2 Å². The standard InChI is InChI=1S/C17H23N3O2/c1-12-10-13(2)20(18-12)11-15-6-4-5-8-19(15)17(21)16-7-9-22-14(16)3/h7,9-10,15H,4-6,8,11H2,1-3H3/t15-/m1/s1. The molecule has 0 spiro atoms. The van der Waals surface area contributed by atoms with Crippen molar-refractivity contribution in [3.63, 3.8) is 0 Å². The minimum Gasteiger partial charge on any atom is -0.469 e. The molecule has 1 fully saturated rings. The minimum atomic E-state index is 0.0810. The highest BCUT2D eigenvalue weighted by Gasteiger charge is 2.29. The lowest BCUT2D eigenvalue weighted by atomic mass is 10.0. The van der Waals surface area contributed by atoms with E-state index >= 15 is 0 Å². The van der Waals surface area contributed by atoms with Crippen LogP contribution >= 0.6 is 0 Å². The fourth-order valence-electron chi connectivity index (χ4n) is 3.28. The van der Waals surface area contributed by atoms with Crippen molar-refractivity contribution in [2.75, 3.05) is 6.54 Å². The van der Waals surface area contributed by atoms with E-state index < -0.39 is 0 Å². The van der Waals surface area contributed by atoms with Crippen molar-refractivity contribution in [2.45, 2.75) is 52.6 Å². The number of piperidine rings is 1. The maximum Gasteiger partial charge on any atom is 0.257 e. The van der Waals surface area contributed by atoms with Crippen LogP contribution in [0.5, 0.6) is 0 Å². The number of rotatable bonds is 3. The Morgan fingerprint density at radius 2 is 2.18 bits per heavy atom. The molecule has 2 aromatic rings. The summed E-state index contributed by atoms with van der Waals surface area (Å²) in [6.07, 6.45) is 4.85. The van der Waals surface area contributed by atoms with Gasteiger partial charge in [-0.3, -0.25) is 9.48 Å². The predicted molar refractivity (Wildman–Crippen MR) is 83.8 cm³/mol. The Kier molecular flexibility index (Phi) is 4.05. The summed E-state index contributed by atoms with van der Waals surface area (Å²) in [6, 6.07) is 4.05. The first-order valence-electron chi connectivity index (χ1n) is 7.92. The molecule has 5 heteroatoms. The molecule has 0 N–H and O–H groups in total. The molecular weight excluding hydrogens is 278 g/mol. The molecule has 0 radical (unpaired) electrons. The number of likely N-dealkylation sites (tertiary alicyclic amines) is 1. The number of hydrogen-bond acceptors (Lipinski definition) is 3. The zero-order valence-electron chi connectivity index (χ0n) is 13.5. The van der Waals surface area contributed by atoms with Gasteiger partial charge in [-0.1, -0.05) is 0 Å². The quantitative estimate of drug-likeness (QED) is 0.875. The molecule has 1 aliphatic rings. The van der Waals surface area contributed by atoms with Gasteiger partial charge in [0.25, 0.3) is 5.91 Å². The third-order valence-electron chi connectivity index (χ3n) is 4.46. The van der Waals surface area contributed by atoms with Crippen molar-refractivity contribution < 1.29 is 9.21 Å². The Morgan fingerprint density at radius 1 is 1.36 bits per heavy atom. The number of hydrogen-bond donors (Lipinski definition) is 0. The van der Waals surface area contributed by atoms with E-state index in [2.05, 4.69) is 18.1 Å². The lowest BCUT2D eigenvalue weighted by Gasteiger charge is -2.36. The molecule has 3 heterocycles. The van der Waals surface area contributed by atoms with Crippen LogP contribution in [0, 0.1) is 20.8 Å². The second kappa shape index (κ2) is 5.99. The van der Waals surface area contributed by atoms with E-state index in [1.54, 1.807) is 12.3 Å². The molecule has 22 heavy (non-hydrogen) atoms. The van der Waals surface area contributed by atoms with Gasteiger partial charge in [-0.25, -0.2) is 0 Å². The Labute approximate surface area is 130 Å². The van der Waals surface area contributed by atoms with E-state index in [1.165, 1.54) is 0 Å².